The van der Waals surface area contributed by atoms with Crippen LogP contribution in [0.1, 0.15) is 27.6 Å². The number of aldehydes is 1. The van der Waals surface area contributed by atoms with Gasteiger partial charge in [-0.15, -0.1) is 0 Å². The summed E-state index contributed by atoms with van der Waals surface area (Å²) in [5.41, 5.74) is 5.00. The molecule has 0 bridgehead atoms. The van der Waals surface area contributed by atoms with Gasteiger partial charge < -0.3 is 20.6 Å². The summed E-state index contributed by atoms with van der Waals surface area (Å²) >= 11 is 0. The topological polar surface area (TPSA) is 81.7 Å². The third-order valence-electron chi connectivity index (χ3n) is 4.82. The van der Waals surface area contributed by atoms with Crippen LogP contribution in [0.3, 0.4) is 0 Å². The summed E-state index contributed by atoms with van der Waals surface area (Å²) in [5.74, 6) is 0.0915. The minimum atomic E-state index is 0.0138. The third kappa shape index (κ3) is 7.25. The molecular weight excluding hydrogens is 402 g/mol. The van der Waals surface area contributed by atoms with Crippen molar-refractivity contribution in [2.45, 2.75) is 6.92 Å². The Bertz CT molecular complexity index is 1030. The zero-order valence-corrected chi connectivity index (χ0v) is 19.1. The molecule has 3 rings (SSSR count). The highest BCUT2D eigenvalue weighted by Crippen LogP contribution is 2.25. The summed E-state index contributed by atoms with van der Waals surface area (Å²) in [7, 11) is 5.82. The van der Waals surface area contributed by atoms with Gasteiger partial charge in [-0.05, 0) is 56.4 Å². The molecule has 0 aromatic heterocycles. The monoisotopic (exact) mass is 433 g/mol. The smallest absolute Gasteiger partial charge is 0.161 e. The molecule has 0 atom stereocenters. The molecule has 0 radical (unpaired) electrons. The van der Waals surface area contributed by atoms with Gasteiger partial charge in [-0.1, -0.05) is 36.4 Å². The Hall–Kier alpha value is -3.64. The zero-order valence-electron chi connectivity index (χ0n) is 19.1. The maximum absolute atomic E-state index is 11.4. The first-order valence-corrected chi connectivity index (χ1v) is 10.4. The molecule has 0 heterocycles. The molecule has 0 amide bonds. The lowest BCUT2D eigenvalue weighted by Crippen LogP contribution is -2.20. The van der Waals surface area contributed by atoms with E-state index in [1.807, 2.05) is 57.5 Å². The van der Waals surface area contributed by atoms with Gasteiger partial charge in [0.15, 0.2) is 12.1 Å². The van der Waals surface area contributed by atoms with Crippen LogP contribution in [0.4, 0.5) is 11.4 Å². The van der Waals surface area contributed by atoms with Gasteiger partial charge in [-0.25, -0.2) is 0 Å². The summed E-state index contributed by atoms with van der Waals surface area (Å²) in [6.45, 7) is 3.29. The number of carbonyl (C=O) groups is 2. The fourth-order valence-corrected chi connectivity index (χ4v) is 3.05. The molecule has 0 saturated heterocycles. The van der Waals surface area contributed by atoms with Gasteiger partial charge in [-0.3, -0.25) is 9.59 Å². The molecule has 6 heteroatoms. The fourth-order valence-electron chi connectivity index (χ4n) is 3.05. The second-order valence-corrected chi connectivity index (χ2v) is 7.55. The standard InChI is InChI=1S/C15H15NO.C11H16N2O2/c1-11(17)14-9-8-13(10-15(14)16-2)12-6-4-3-5-7-12;1-13(2)6-5-12-10-4-3-9(8-14)11(15)7-10/h3-10,16H,1-2H3;3-4,7-8,12,15H,5-6H2,1-2H3. The van der Waals surface area contributed by atoms with Crippen molar-refractivity contribution in [2.24, 2.45) is 0 Å². The molecular formula is C26H31N3O3. The molecule has 0 aliphatic rings. The average molecular weight is 434 g/mol. The number of hydrogen-bond acceptors (Lipinski definition) is 6. The number of nitrogens with one attached hydrogen (secondary N) is 2. The minimum absolute atomic E-state index is 0.0138. The van der Waals surface area contributed by atoms with Crippen LogP contribution < -0.4 is 10.6 Å². The van der Waals surface area contributed by atoms with Crippen molar-refractivity contribution < 1.29 is 14.7 Å². The van der Waals surface area contributed by atoms with E-state index in [0.29, 0.717) is 11.8 Å². The maximum atomic E-state index is 11.4. The van der Waals surface area contributed by atoms with Crippen LogP contribution in [-0.2, 0) is 0 Å². The Morgan fingerprint density at radius 3 is 2.28 bits per heavy atom. The highest BCUT2D eigenvalue weighted by molar-refractivity contribution is 6.00. The van der Waals surface area contributed by atoms with Crippen molar-refractivity contribution in [1.82, 2.24) is 4.90 Å². The lowest BCUT2D eigenvalue weighted by atomic mass is 10.0. The number of phenols is 1. The van der Waals surface area contributed by atoms with Crippen molar-refractivity contribution in [2.75, 3.05) is 44.9 Å². The maximum Gasteiger partial charge on any atom is 0.161 e. The molecule has 168 valence electrons. The van der Waals surface area contributed by atoms with Crippen LogP contribution in [-0.4, -0.2) is 56.3 Å². The Kier molecular flexibility index (Phi) is 9.44. The second-order valence-electron chi connectivity index (χ2n) is 7.55. The molecule has 3 aromatic rings. The van der Waals surface area contributed by atoms with Gasteiger partial charge in [-0.2, -0.15) is 0 Å². The molecule has 32 heavy (non-hydrogen) atoms. The molecule has 0 saturated carbocycles. The van der Waals surface area contributed by atoms with Crippen LogP contribution in [0.5, 0.6) is 5.75 Å². The van der Waals surface area contributed by atoms with Crippen LogP contribution >= 0.6 is 0 Å². The number of hydrogen-bond donors (Lipinski definition) is 3. The second kappa shape index (κ2) is 12.3. The number of phenolic OH excluding ortho intramolecular Hbond substituents is 1. The van der Waals surface area contributed by atoms with Crippen LogP contribution in [0, 0.1) is 0 Å². The van der Waals surface area contributed by atoms with Gasteiger partial charge in [0.25, 0.3) is 0 Å². The summed E-state index contributed by atoms with van der Waals surface area (Å²) in [6, 6.07) is 20.9. The van der Waals surface area contributed by atoms with E-state index in [1.54, 1.807) is 25.1 Å². The zero-order chi connectivity index (χ0) is 23.5. The highest BCUT2D eigenvalue weighted by Gasteiger charge is 2.07. The molecule has 6 nitrogen and oxygen atoms in total. The quantitative estimate of drug-likeness (QED) is 0.350. The van der Waals surface area contributed by atoms with Gasteiger partial charge in [0.2, 0.25) is 0 Å². The first-order valence-electron chi connectivity index (χ1n) is 10.4. The predicted molar refractivity (Wildman–Crippen MR) is 132 cm³/mol. The van der Waals surface area contributed by atoms with E-state index < -0.39 is 0 Å². The lowest BCUT2D eigenvalue weighted by molar-refractivity contribution is 0.101. The number of rotatable bonds is 8. The molecule has 3 N–H and O–H groups in total. The molecule has 0 spiro atoms. The van der Waals surface area contributed by atoms with E-state index in [9.17, 15) is 14.7 Å². The van der Waals surface area contributed by atoms with Crippen molar-refractivity contribution in [1.29, 1.82) is 0 Å². The normalized spacial score (nSPS) is 10.2. The Morgan fingerprint density at radius 1 is 1.00 bits per heavy atom. The van der Waals surface area contributed by atoms with Crippen LogP contribution in [0.2, 0.25) is 0 Å². The fraction of sp³-hybridized carbons (Fsp3) is 0.231. The number of carbonyl (C=O) groups excluding carboxylic acids is 2. The molecule has 0 aliphatic heterocycles. The number of ketones is 1. The first-order chi connectivity index (χ1) is 15.3. The molecule has 3 aromatic carbocycles. The highest BCUT2D eigenvalue weighted by atomic mass is 16.3. The minimum Gasteiger partial charge on any atom is -0.507 e. The number of benzene rings is 3. The summed E-state index contributed by atoms with van der Waals surface area (Å²) in [4.78, 5) is 23.9. The lowest BCUT2D eigenvalue weighted by Gasteiger charge is -2.11. The number of anilines is 2. The van der Waals surface area contributed by atoms with Crippen molar-refractivity contribution >= 4 is 23.4 Å². The largest absolute Gasteiger partial charge is 0.507 e. The van der Waals surface area contributed by atoms with Gasteiger partial charge in [0.1, 0.15) is 5.75 Å². The predicted octanol–water partition coefficient (Wildman–Crippen LogP) is 4.78. The number of aromatic hydroxyl groups is 1. The van der Waals surface area contributed by atoms with Crippen molar-refractivity contribution in [3.05, 3.63) is 77.9 Å². The summed E-state index contributed by atoms with van der Waals surface area (Å²) in [6.07, 6.45) is 0.638. The first kappa shape index (κ1) is 24.6. The van der Waals surface area contributed by atoms with E-state index in [1.165, 1.54) is 0 Å². The van der Waals surface area contributed by atoms with Crippen molar-refractivity contribution in [3.8, 4) is 16.9 Å². The Labute approximate surface area is 189 Å². The van der Waals surface area contributed by atoms with Gasteiger partial charge in [0, 0.05) is 43.1 Å². The number of Topliss-reactive ketones (excluding diaryl/α,β-unsaturated/α-hetero) is 1. The van der Waals surface area contributed by atoms with E-state index >= 15 is 0 Å². The SMILES string of the molecule is CN(C)CCNc1ccc(C=O)c(O)c1.CNc1cc(-c2ccccc2)ccc1C(C)=O. The summed E-state index contributed by atoms with van der Waals surface area (Å²) < 4.78 is 0. The average Bonchev–Trinajstić information content (AvgIpc) is 2.79. The Morgan fingerprint density at radius 2 is 1.72 bits per heavy atom. The summed E-state index contributed by atoms with van der Waals surface area (Å²) in [5, 5.41) is 15.6. The Balaban J connectivity index is 0.000000229. The van der Waals surface area contributed by atoms with Crippen LogP contribution in [0.15, 0.2) is 66.7 Å². The van der Waals surface area contributed by atoms with E-state index in [4.69, 9.17) is 0 Å². The van der Waals surface area contributed by atoms with E-state index in [0.717, 1.165) is 41.2 Å². The third-order valence-corrected chi connectivity index (χ3v) is 4.82. The molecule has 0 aliphatic carbocycles. The number of nitrogens with zero attached hydrogens (tertiary/aromatic N) is 1. The van der Waals surface area contributed by atoms with Gasteiger partial charge in [0.05, 0.1) is 5.56 Å². The van der Waals surface area contributed by atoms with Crippen molar-refractivity contribution in [3.63, 3.8) is 0 Å². The van der Waals surface area contributed by atoms with Gasteiger partial charge >= 0.3 is 0 Å². The van der Waals surface area contributed by atoms with Crippen LogP contribution in [0.25, 0.3) is 11.1 Å². The van der Waals surface area contributed by atoms with E-state index in [2.05, 4.69) is 27.7 Å². The molecule has 0 fully saturated rings. The van der Waals surface area contributed by atoms with E-state index in [-0.39, 0.29) is 11.5 Å². The molecule has 0 unspecified atom stereocenters. The number of likely N-dealkylation sites (N-methyl/N-ethyl adjacent to an activating group) is 1.